The average Bonchev–Trinajstić information content (AvgIpc) is 2.38. The van der Waals surface area contributed by atoms with Crippen LogP contribution < -0.4 is 10.6 Å². The number of anilines is 1. The lowest BCUT2D eigenvalue weighted by Gasteiger charge is -2.38. The second-order valence-electron chi connectivity index (χ2n) is 4.59. The van der Waals surface area contributed by atoms with Gasteiger partial charge >= 0.3 is 0 Å². The summed E-state index contributed by atoms with van der Waals surface area (Å²) in [7, 11) is 0. The molecule has 94 valence electrons. The lowest BCUT2D eigenvalue weighted by molar-refractivity contribution is 0.201. The Morgan fingerprint density at radius 1 is 1.29 bits per heavy atom. The highest BCUT2D eigenvalue weighted by molar-refractivity contribution is 6.30. The summed E-state index contributed by atoms with van der Waals surface area (Å²) in [4.78, 5) is 4.83. The second-order valence-corrected chi connectivity index (χ2v) is 5.02. The molecule has 1 aliphatic rings. The molecule has 0 aromatic heterocycles. The van der Waals surface area contributed by atoms with Crippen molar-refractivity contribution in [3.63, 3.8) is 0 Å². The van der Waals surface area contributed by atoms with Crippen molar-refractivity contribution >= 4 is 17.3 Å². The fourth-order valence-electron chi connectivity index (χ4n) is 2.24. The highest BCUT2D eigenvalue weighted by Gasteiger charge is 2.20. The fourth-order valence-corrected chi connectivity index (χ4v) is 2.43. The minimum absolute atomic E-state index is 0.483. The molecule has 2 rings (SSSR count). The van der Waals surface area contributed by atoms with E-state index in [9.17, 15) is 0 Å². The average molecular weight is 254 g/mol. The predicted octanol–water partition coefficient (Wildman–Crippen LogP) is 1.81. The van der Waals surface area contributed by atoms with E-state index in [0.717, 1.165) is 37.7 Å². The Morgan fingerprint density at radius 2 is 2.00 bits per heavy atom. The largest absolute Gasteiger partial charge is 0.369 e. The molecule has 0 aliphatic carbocycles. The molecular formula is C13H20ClN3. The van der Waals surface area contributed by atoms with Crippen molar-refractivity contribution < 1.29 is 0 Å². The van der Waals surface area contributed by atoms with Gasteiger partial charge in [-0.15, -0.1) is 0 Å². The van der Waals surface area contributed by atoms with Crippen LogP contribution in [0.3, 0.4) is 0 Å². The van der Waals surface area contributed by atoms with Crippen LogP contribution in [0.15, 0.2) is 24.3 Å². The van der Waals surface area contributed by atoms with Gasteiger partial charge in [-0.05, 0) is 25.1 Å². The van der Waals surface area contributed by atoms with Crippen LogP contribution in [0.25, 0.3) is 0 Å². The zero-order valence-electron chi connectivity index (χ0n) is 10.3. The van der Waals surface area contributed by atoms with E-state index >= 15 is 0 Å². The molecule has 3 nitrogen and oxygen atoms in total. The maximum Gasteiger partial charge on any atom is 0.0426 e. The van der Waals surface area contributed by atoms with E-state index in [1.165, 1.54) is 5.69 Å². The van der Waals surface area contributed by atoms with Crippen molar-refractivity contribution in [3.8, 4) is 0 Å². The van der Waals surface area contributed by atoms with Gasteiger partial charge in [-0.2, -0.15) is 0 Å². The van der Waals surface area contributed by atoms with E-state index in [1.807, 2.05) is 18.2 Å². The summed E-state index contributed by atoms with van der Waals surface area (Å²) in [6.07, 6.45) is 0. The van der Waals surface area contributed by atoms with Crippen LogP contribution in [0, 0.1) is 0 Å². The molecule has 1 fully saturated rings. The number of piperazine rings is 1. The number of benzene rings is 1. The second kappa shape index (κ2) is 5.71. The third-order valence-electron chi connectivity index (χ3n) is 3.45. The topological polar surface area (TPSA) is 32.5 Å². The SMILES string of the molecule is C[C@H](CN)N1CCN(c2cccc(Cl)c2)CC1. The molecule has 0 saturated carbocycles. The Balaban J connectivity index is 1.95. The van der Waals surface area contributed by atoms with Gasteiger partial charge in [-0.3, -0.25) is 4.90 Å². The van der Waals surface area contributed by atoms with Crippen LogP contribution in [-0.4, -0.2) is 43.7 Å². The standard InChI is InChI=1S/C13H20ClN3/c1-11(10-15)16-5-7-17(8-6-16)13-4-2-3-12(14)9-13/h2-4,9,11H,5-8,10,15H2,1H3/t11-/m1/s1. The molecule has 1 aromatic rings. The van der Waals surface area contributed by atoms with Gasteiger partial charge in [-0.25, -0.2) is 0 Å². The molecule has 0 radical (unpaired) electrons. The number of hydrogen-bond acceptors (Lipinski definition) is 3. The van der Waals surface area contributed by atoms with Crippen molar-refractivity contribution in [2.45, 2.75) is 13.0 Å². The van der Waals surface area contributed by atoms with Crippen molar-refractivity contribution in [1.29, 1.82) is 0 Å². The molecule has 1 heterocycles. The number of hydrogen-bond donors (Lipinski definition) is 1. The molecule has 1 aliphatic heterocycles. The third kappa shape index (κ3) is 3.12. The van der Waals surface area contributed by atoms with Crippen LogP contribution in [0.4, 0.5) is 5.69 Å². The van der Waals surface area contributed by atoms with E-state index in [-0.39, 0.29) is 0 Å². The zero-order valence-corrected chi connectivity index (χ0v) is 11.0. The van der Waals surface area contributed by atoms with E-state index < -0.39 is 0 Å². The van der Waals surface area contributed by atoms with E-state index in [1.54, 1.807) is 0 Å². The fraction of sp³-hybridized carbons (Fsp3) is 0.538. The van der Waals surface area contributed by atoms with Gasteiger partial charge in [0.05, 0.1) is 0 Å². The van der Waals surface area contributed by atoms with Gasteiger partial charge in [0.25, 0.3) is 0 Å². The van der Waals surface area contributed by atoms with Crippen LogP contribution in [0.1, 0.15) is 6.92 Å². The minimum atomic E-state index is 0.483. The highest BCUT2D eigenvalue weighted by atomic mass is 35.5. The minimum Gasteiger partial charge on any atom is -0.369 e. The molecule has 0 amide bonds. The Kier molecular flexibility index (Phi) is 4.26. The van der Waals surface area contributed by atoms with Gasteiger partial charge in [0.1, 0.15) is 0 Å². The molecule has 0 bridgehead atoms. The normalized spacial score (nSPS) is 19.4. The van der Waals surface area contributed by atoms with Crippen molar-refractivity contribution in [2.75, 3.05) is 37.6 Å². The van der Waals surface area contributed by atoms with Crippen molar-refractivity contribution in [2.24, 2.45) is 5.73 Å². The first-order valence-corrected chi connectivity index (χ1v) is 6.53. The number of nitrogens with zero attached hydrogens (tertiary/aromatic N) is 2. The first-order valence-electron chi connectivity index (χ1n) is 6.15. The lowest BCUT2D eigenvalue weighted by atomic mass is 10.2. The maximum atomic E-state index is 6.01. The quantitative estimate of drug-likeness (QED) is 0.892. The van der Waals surface area contributed by atoms with Gasteiger partial charge in [0.15, 0.2) is 0 Å². The smallest absolute Gasteiger partial charge is 0.0426 e. The Labute approximate surface area is 108 Å². The van der Waals surface area contributed by atoms with Gasteiger partial charge in [0, 0.05) is 49.5 Å². The Bertz CT molecular complexity index is 361. The summed E-state index contributed by atoms with van der Waals surface area (Å²) in [5, 5.41) is 0.806. The summed E-state index contributed by atoms with van der Waals surface area (Å²) in [5.74, 6) is 0. The number of nitrogens with two attached hydrogens (primary N) is 1. The third-order valence-corrected chi connectivity index (χ3v) is 3.69. The molecule has 1 atom stereocenters. The van der Waals surface area contributed by atoms with Gasteiger partial charge < -0.3 is 10.6 Å². The summed E-state index contributed by atoms with van der Waals surface area (Å²) in [6.45, 7) is 7.16. The molecule has 17 heavy (non-hydrogen) atoms. The molecule has 0 unspecified atom stereocenters. The molecule has 2 N–H and O–H groups in total. The van der Waals surface area contributed by atoms with Gasteiger partial charge in [0.2, 0.25) is 0 Å². The van der Waals surface area contributed by atoms with Crippen LogP contribution in [0.2, 0.25) is 5.02 Å². The summed E-state index contributed by atoms with van der Waals surface area (Å²) >= 11 is 6.01. The number of halogens is 1. The van der Waals surface area contributed by atoms with E-state index in [0.29, 0.717) is 6.04 Å². The highest BCUT2D eigenvalue weighted by Crippen LogP contribution is 2.21. The first-order chi connectivity index (χ1) is 8.20. The van der Waals surface area contributed by atoms with E-state index in [4.69, 9.17) is 17.3 Å². The van der Waals surface area contributed by atoms with Crippen molar-refractivity contribution in [3.05, 3.63) is 29.3 Å². The summed E-state index contributed by atoms with van der Waals surface area (Å²) < 4.78 is 0. The molecule has 0 spiro atoms. The van der Waals surface area contributed by atoms with Gasteiger partial charge in [-0.1, -0.05) is 17.7 Å². The van der Waals surface area contributed by atoms with Crippen LogP contribution in [0.5, 0.6) is 0 Å². The Morgan fingerprint density at radius 3 is 2.59 bits per heavy atom. The zero-order chi connectivity index (χ0) is 12.3. The number of rotatable bonds is 3. The monoisotopic (exact) mass is 253 g/mol. The first kappa shape index (κ1) is 12.7. The predicted molar refractivity (Wildman–Crippen MR) is 73.8 cm³/mol. The summed E-state index contributed by atoms with van der Waals surface area (Å²) in [6, 6.07) is 8.55. The van der Waals surface area contributed by atoms with Crippen LogP contribution in [-0.2, 0) is 0 Å². The lowest BCUT2D eigenvalue weighted by Crippen LogP contribution is -2.51. The van der Waals surface area contributed by atoms with E-state index in [2.05, 4.69) is 22.8 Å². The molecular weight excluding hydrogens is 234 g/mol. The van der Waals surface area contributed by atoms with Crippen LogP contribution >= 0.6 is 11.6 Å². The molecule has 1 aromatic carbocycles. The maximum absolute atomic E-state index is 6.01. The Hall–Kier alpha value is -0.770. The summed E-state index contributed by atoms with van der Waals surface area (Å²) in [5.41, 5.74) is 6.92. The molecule has 1 saturated heterocycles. The van der Waals surface area contributed by atoms with Crippen molar-refractivity contribution in [1.82, 2.24) is 4.90 Å². The molecule has 4 heteroatoms.